The highest BCUT2D eigenvalue weighted by Crippen LogP contribution is 2.48. The quantitative estimate of drug-likeness (QED) is 0.139. The lowest BCUT2D eigenvalue weighted by atomic mass is 9.79. The van der Waals surface area contributed by atoms with Crippen LogP contribution in [0.4, 0.5) is 0 Å². The van der Waals surface area contributed by atoms with E-state index in [4.69, 9.17) is 0 Å². The molecule has 0 radical (unpaired) electrons. The number of hydrogen-bond acceptors (Lipinski definition) is 12. The maximum Gasteiger partial charge on any atom is 0.261 e. The molecule has 78 heavy (non-hydrogen) atoms. The molecule has 27 aliphatic rings. The van der Waals surface area contributed by atoms with Crippen LogP contribution in [-0.2, 0) is 0 Å². The number of carbonyl (C=O) groups excluding carboxylic acids is 12. The number of benzene rings is 6. The van der Waals surface area contributed by atoms with Gasteiger partial charge in [0, 0.05) is 99.1 Å². The third-order valence-electron chi connectivity index (χ3n) is 18.9. The summed E-state index contributed by atoms with van der Waals surface area (Å²) in [6.07, 6.45) is 4.74. The lowest BCUT2D eigenvalue weighted by Crippen LogP contribution is -2.62. The van der Waals surface area contributed by atoms with Crippen LogP contribution in [0.2, 0.25) is 0 Å². The van der Waals surface area contributed by atoms with Gasteiger partial charge < -0.3 is 0 Å². The minimum atomic E-state index is -0.999. The van der Waals surface area contributed by atoms with Crippen LogP contribution in [-0.4, -0.2) is 137 Å². The minimum absolute atomic E-state index is 0.0436. The van der Waals surface area contributed by atoms with E-state index in [1.165, 1.54) is 72.8 Å². The van der Waals surface area contributed by atoms with E-state index in [1.54, 1.807) is 0 Å². The molecule has 24 aliphatic heterocycles. The van der Waals surface area contributed by atoms with E-state index >= 15 is 57.5 Å². The minimum Gasteiger partial charge on any atom is -0.269 e. The molecule has 18 nitrogen and oxygen atoms in total. The van der Waals surface area contributed by atoms with E-state index in [0.717, 1.165) is 29.4 Å². The summed E-state index contributed by atoms with van der Waals surface area (Å²) in [4.78, 5) is 187. The van der Waals surface area contributed by atoms with Gasteiger partial charge in [-0.05, 0) is 111 Å². The summed E-state index contributed by atoms with van der Waals surface area (Å²) in [5.41, 5.74) is 0.523. The van der Waals surface area contributed by atoms with Gasteiger partial charge in [-0.25, -0.2) is 0 Å². The van der Waals surface area contributed by atoms with Gasteiger partial charge in [0.05, 0.1) is 36.3 Å². The smallest absolute Gasteiger partial charge is 0.261 e. The fraction of sp³-hybridized carbons (Fsp3) is 0.300. The van der Waals surface area contributed by atoms with Gasteiger partial charge in [-0.1, -0.05) is 38.5 Å². The van der Waals surface area contributed by atoms with Crippen LogP contribution in [0, 0.1) is 0 Å². The molecule has 0 saturated heterocycles. The molecule has 24 heterocycles. The molecule has 3 fully saturated rings. The van der Waals surface area contributed by atoms with Crippen molar-refractivity contribution in [2.24, 2.45) is 0 Å². The van der Waals surface area contributed by atoms with Crippen molar-refractivity contribution in [2.75, 3.05) is 0 Å². The van der Waals surface area contributed by atoms with Crippen molar-refractivity contribution in [1.82, 2.24) is 29.4 Å². The number of amides is 12. The average Bonchev–Trinajstić information content (AvgIpc) is 3.48. The summed E-state index contributed by atoms with van der Waals surface area (Å²) in [5.74, 6) is -8.74. The molecule has 33 rings (SSSR count). The first kappa shape index (κ1) is 45.2. The highest BCUT2D eigenvalue weighted by Gasteiger charge is 2.54. The first-order chi connectivity index (χ1) is 37.8. The van der Waals surface area contributed by atoms with E-state index in [9.17, 15) is 0 Å². The zero-order valence-electron chi connectivity index (χ0n) is 41.5. The Labute approximate surface area is 441 Å². The molecule has 12 amide bonds. The second-order valence-corrected chi connectivity index (χ2v) is 22.4. The van der Waals surface area contributed by atoms with Crippen LogP contribution in [0.3, 0.4) is 0 Å². The average molecular weight is 1040 g/mol. The molecule has 3 aliphatic carbocycles. The summed E-state index contributed by atoms with van der Waals surface area (Å²) in [6.45, 7) is 0. The Balaban J connectivity index is 0.894. The van der Waals surface area contributed by atoms with Gasteiger partial charge >= 0.3 is 0 Å². The molecule has 384 valence electrons. The van der Waals surface area contributed by atoms with Gasteiger partial charge in [0.15, 0.2) is 0 Å². The van der Waals surface area contributed by atoms with Gasteiger partial charge in [-0.15, -0.1) is 0 Å². The van der Waals surface area contributed by atoms with Crippen LogP contribution in [0.5, 0.6) is 0 Å². The van der Waals surface area contributed by atoms with Crippen molar-refractivity contribution in [3.63, 3.8) is 0 Å². The molecular formula is C60H42N6O12. The van der Waals surface area contributed by atoms with E-state index in [1.807, 2.05) is 0 Å². The summed E-state index contributed by atoms with van der Waals surface area (Å²) < 4.78 is 0. The standard InChI is InChI=1S/C60H42N6O12/c67-49-25-13-15-29-45-30-16-14-26(43(25)45)50(68)61(49)37-7-1-2-8-38(37)62-51(69)27-17-19-31-46-32(20-18-28(44(27)46)52(62)70)56(74)64(55(31)73)41-11-5-6-12-42(41)66-59(77)35-23-21-33-47-34(22-24-36(48(35)47)60(66)78)58(76)65(57(33)75)40-10-4-3-9-39(40)63(53(29)71)54(30)72/h13-24,37-42H,1-12H2/t37-,38?,39?,40-,41-,42?/m1/s1. The van der Waals surface area contributed by atoms with E-state index in [0.29, 0.717) is 38.5 Å². The monoisotopic (exact) mass is 1040 g/mol. The van der Waals surface area contributed by atoms with Gasteiger partial charge in [0.2, 0.25) is 0 Å². The highest BCUT2D eigenvalue weighted by atomic mass is 16.2. The topological polar surface area (TPSA) is 224 Å². The molecule has 6 aromatic rings. The Kier molecular flexibility index (Phi) is 8.87. The van der Waals surface area contributed by atoms with E-state index < -0.39 is 107 Å². The first-order valence-corrected chi connectivity index (χ1v) is 26.8. The second-order valence-electron chi connectivity index (χ2n) is 22.4. The zero-order valence-corrected chi connectivity index (χ0v) is 41.5. The highest BCUT2D eigenvalue weighted by molar-refractivity contribution is 6.37. The van der Waals surface area contributed by atoms with Crippen LogP contribution >= 0.6 is 0 Å². The van der Waals surface area contributed by atoms with Gasteiger partial charge in [0.1, 0.15) is 0 Å². The molecule has 3 unspecified atom stereocenters. The van der Waals surface area contributed by atoms with Crippen molar-refractivity contribution < 1.29 is 57.5 Å². The molecule has 0 aromatic heterocycles. The number of imide groups is 6. The second kappa shape index (κ2) is 15.3. The van der Waals surface area contributed by atoms with Crippen molar-refractivity contribution in [1.29, 1.82) is 0 Å². The number of carbonyl (C=O) groups is 12. The van der Waals surface area contributed by atoms with E-state index in [2.05, 4.69) is 0 Å². The number of nitrogens with zero attached hydrogens (tertiary/aromatic N) is 6. The summed E-state index contributed by atoms with van der Waals surface area (Å²) >= 11 is 0. The Morgan fingerprint density at radius 2 is 0.295 bits per heavy atom. The lowest BCUT2D eigenvalue weighted by molar-refractivity contribution is 0.0234. The Morgan fingerprint density at radius 1 is 0.192 bits per heavy atom. The fourth-order valence-corrected chi connectivity index (χ4v) is 15.6. The first-order valence-electron chi connectivity index (χ1n) is 26.8. The molecule has 0 spiro atoms. The SMILES string of the molecule is O=C1c2ccc3c4c5ccc(c24)C(=O)N1C1CCCC[C@H]1N1C(=O)c2ccc4c6c(ccc(c26)C1=O)C(=O)N(C4=O)C1CCCC[C@H]1N1C(=O)c2ccc4c6c(ccc(c26)C1=O)C(=O)N(C4=O)C1CCCC[C@H]1N(C3=O)C5=O. The maximum atomic E-state index is 15.1. The molecule has 24 bridgehead atoms. The molecule has 6 aromatic carbocycles. The predicted molar refractivity (Wildman–Crippen MR) is 273 cm³/mol. The van der Waals surface area contributed by atoms with Gasteiger partial charge in [-0.3, -0.25) is 86.9 Å². The third-order valence-corrected chi connectivity index (χ3v) is 18.9. The molecule has 3 saturated carbocycles. The summed E-state index contributed by atoms with van der Waals surface area (Å²) in [6, 6.07) is 11.3. The number of hydrogen-bond donors (Lipinski definition) is 0. The summed E-state index contributed by atoms with van der Waals surface area (Å²) in [7, 11) is 0. The lowest BCUT2D eigenvalue weighted by Gasteiger charge is -2.47. The molecule has 18 heteroatoms. The van der Waals surface area contributed by atoms with Crippen molar-refractivity contribution in [3.8, 4) is 0 Å². The van der Waals surface area contributed by atoms with Crippen molar-refractivity contribution in [3.05, 3.63) is 140 Å². The molecular weight excluding hydrogens is 997 g/mol. The van der Waals surface area contributed by atoms with Gasteiger partial charge in [-0.2, -0.15) is 0 Å². The van der Waals surface area contributed by atoms with Gasteiger partial charge in [0.25, 0.3) is 70.9 Å². The van der Waals surface area contributed by atoms with Crippen molar-refractivity contribution in [2.45, 2.75) is 113 Å². The Morgan fingerprint density at radius 3 is 0.397 bits per heavy atom. The molecule has 0 N–H and O–H groups in total. The van der Waals surface area contributed by atoms with Crippen LogP contribution < -0.4 is 0 Å². The summed E-state index contributed by atoms with van der Waals surface area (Å²) in [5, 5.41) is 0.685. The van der Waals surface area contributed by atoms with Crippen LogP contribution in [0.15, 0.2) is 72.8 Å². The normalized spacial score (nSPS) is 26.0. The number of rotatable bonds is 0. The van der Waals surface area contributed by atoms with Crippen LogP contribution in [0.25, 0.3) is 32.3 Å². The Bertz CT molecular complexity index is 3250. The zero-order chi connectivity index (χ0) is 53.2. The van der Waals surface area contributed by atoms with E-state index in [-0.39, 0.29) is 138 Å². The third kappa shape index (κ3) is 5.32. The van der Waals surface area contributed by atoms with Crippen LogP contribution in [0.1, 0.15) is 201 Å². The Hall–Kier alpha value is -9.06. The van der Waals surface area contributed by atoms with Crippen molar-refractivity contribution >= 4 is 103 Å². The predicted octanol–water partition coefficient (Wildman–Crippen LogP) is 7.07. The molecule has 6 atom stereocenters. The largest absolute Gasteiger partial charge is 0.269 e. The maximum absolute atomic E-state index is 15.1. The fourth-order valence-electron chi connectivity index (χ4n) is 15.6.